The van der Waals surface area contributed by atoms with E-state index >= 15 is 0 Å². The Morgan fingerprint density at radius 2 is 1.63 bits per heavy atom. The predicted octanol–water partition coefficient (Wildman–Crippen LogP) is 1.99. The number of hydrogen-bond donors (Lipinski definition) is 3. The third-order valence-electron chi connectivity index (χ3n) is 6.18. The lowest BCUT2D eigenvalue weighted by Gasteiger charge is -2.28. The number of methoxy groups -OCH3 is 1. The van der Waals surface area contributed by atoms with Crippen molar-refractivity contribution in [3.8, 4) is 23.3 Å². The Bertz CT molecular complexity index is 1490. The number of rotatable bonds is 8. The van der Waals surface area contributed by atoms with Gasteiger partial charge in [-0.05, 0) is 31.0 Å². The number of H-pyrrole nitrogens is 2. The molecule has 2 aromatic heterocycles. The molecule has 0 radical (unpaired) electrons. The monoisotopic (exact) mass is 484 g/mol. The summed E-state index contributed by atoms with van der Waals surface area (Å²) in [5.74, 6) is -1.06. The average molecular weight is 485 g/mol. The van der Waals surface area contributed by atoms with Crippen molar-refractivity contribution in [1.82, 2.24) is 19.1 Å². The van der Waals surface area contributed by atoms with E-state index in [-0.39, 0.29) is 35.8 Å². The van der Waals surface area contributed by atoms with Gasteiger partial charge in [-0.3, -0.25) is 28.7 Å². The van der Waals surface area contributed by atoms with Crippen LogP contribution in [-0.2, 0) is 13.1 Å². The van der Waals surface area contributed by atoms with Crippen LogP contribution < -0.4 is 32.0 Å². The van der Waals surface area contributed by atoms with Gasteiger partial charge >= 0.3 is 11.4 Å². The van der Waals surface area contributed by atoms with Crippen molar-refractivity contribution in [1.29, 1.82) is 0 Å². The number of hydrogen-bond acceptors (Lipinski definition) is 7. The molecule has 35 heavy (non-hydrogen) atoms. The van der Waals surface area contributed by atoms with Crippen LogP contribution >= 0.6 is 0 Å². The standard InChI is InChI=1S/C24H28N4O7/c1-4-6-10-27-21(30)17(19(29)25-23(27)32)16-14-12-13(34-3)8-9-15(14)35-20-18(16)22(31)28(11-7-5-2)24(33)26-20/h8-9,12,16,30H,4-7,10-11H2,1-3H3,(H,26,33)(H,25,29,32)/t16-/m0/s1. The highest BCUT2D eigenvalue weighted by Gasteiger charge is 2.38. The zero-order valence-corrected chi connectivity index (χ0v) is 19.8. The zero-order valence-electron chi connectivity index (χ0n) is 19.8. The van der Waals surface area contributed by atoms with Gasteiger partial charge < -0.3 is 14.6 Å². The normalized spacial score (nSPS) is 14.2. The molecule has 0 fully saturated rings. The number of benzene rings is 1. The van der Waals surface area contributed by atoms with Gasteiger partial charge in [-0.15, -0.1) is 0 Å². The second kappa shape index (κ2) is 9.69. The first-order chi connectivity index (χ1) is 16.8. The first-order valence-corrected chi connectivity index (χ1v) is 11.6. The molecule has 1 atom stereocenters. The topological polar surface area (TPSA) is 148 Å². The molecule has 3 N–H and O–H groups in total. The van der Waals surface area contributed by atoms with Gasteiger partial charge in [0.25, 0.3) is 11.1 Å². The smallest absolute Gasteiger partial charge is 0.331 e. The third-order valence-corrected chi connectivity index (χ3v) is 6.18. The van der Waals surface area contributed by atoms with Crippen LogP contribution in [0.4, 0.5) is 0 Å². The molecule has 0 aliphatic carbocycles. The molecule has 186 valence electrons. The first-order valence-electron chi connectivity index (χ1n) is 11.6. The highest BCUT2D eigenvalue weighted by molar-refractivity contribution is 5.58. The summed E-state index contributed by atoms with van der Waals surface area (Å²) in [4.78, 5) is 56.7. The Hall–Kier alpha value is -4.02. The van der Waals surface area contributed by atoms with E-state index in [0.717, 1.165) is 22.0 Å². The van der Waals surface area contributed by atoms with Crippen LogP contribution in [0.3, 0.4) is 0 Å². The molecule has 0 spiro atoms. The van der Waals surface area contributed by atoms with Crippen LogP contribution in [-0.4, -0.2) is 31.3 Å². The van der Waals surface area contributed by atoms with Crippen LogP contribution in [0.15, 0.2) is 37.4 Å². The van der Waals surface area contributed by atoms with Crippen molar-refractivity contribution in [3.63, 3.8) is 0 Å². The minimum Gasteiger partial charge on any atom is -0.497 e. The van der Waals surface area contributed by atoms with Gasteiger partial charge in [0.2, 0.25) is 11.8 Å². The van der Waals surface area contributed by atoms with Crippen LogP contribution in [0.25, 0.3) is 0 Å². The molecular formula is C24H28N4O7. The fraction of sp³-hybridized carbons (Fsp3) is 0.417. The van der Waals surface area contributed by atoms with Crippen LogP contribution in [0, 0.1) is 0 Å². The fourth-order valence-corrected chi connectivity index (χ4v) is 4.32. The first kappa shape index (κ1) is 24.1. The molecule has 1 aliphatic heterocycles. The molecule has 11 nitrogen and oxygen atoms in total. The highest BCUT2D eigenvalue weighted by atomic mass is 16.5. The number of unbranched alkanes of at least 4 members (excludes halogenated alkanes) is 2. The summed E-state index contributed by atoms with van der Waals surface area (Å²) in [5, 5.41) is 11.2. The average Bonchev–Trinajstić information content (AvgIpc) is 2.83. The second-order valence-corrected chi connectivity index (χ2v) is 8.42. The summed E-state index contributed by atoms with van der Waals surface area (Å²) in [7, 11) is 1.47. The van der Waals surface area contributed by atoms with E-state index in [1.807, 2.05) is 13.8 Å². The maximum absolute atomic E-state index is 13.6. The van der Waals surface area contributed by atoms with E-state index in [4.69, 9.17) is 9.47 Å². The summed E-state index contributed by atoms with van der Waals surface area (Å²) < 4.78 is 13.3. The second-order valence-electron chi connectivity index (χ2n) is 8.42. The molecule has 1 aliphatic rings. The minimum atomic E-state index is -1.13. The van der Waals surface area contributed by atoms with Crippen LogP contribution in [0.1, 0.15) is 62.1 Å². The molecule has 0 saturated carbocycles. The Morgan fingerprint density at radius 3 is 2.29 bits per heavy atom. The van der Waals surface area contributed by atoms with Gasteiger partial charge in [-0.1, -0.05) is 26.7 Å². The molecule has 0 amide bonds. The van der Waals surface area contributed by atoms with E-state index in [1.54, 1.807) is 18.2 Å². The lowest BCUT2D eigenvalue weighted by molar-refractivity contribution is 0.378. The van der Waals surface area contributed by atoms with Crippen LogP contribution in [0.2, 0.25) is 0 Å². The summed E-state index contributed by atoms with van der Waals surface area (Å²) >= 11 is 0. The van der Waals surface area contributed by atoms with Gasteiger partial charge in [0.1, 0.15) is 11.5 Å². The number of nitrogens with one attached hydrogen (secondary N) is 2. The number of aromatic amines is 2. The highest BCUT2D eigenvalue weighted by Crippen LogP contribution is 2.46. The molecule has 0 saturated heterocycles. The van der Waals surface area contributed by atoms with E-state index < -0.39 is 34.3 Å². The number of aromatic hydroxyl groups is 1. The number of fused-ring (bicyclic) bond motifs is 2. The number of ether oxygens (including phenoxy) is 2. The van der Waals surface area contributed by atoms with Crippen molar-refractivity contribution in [2.75, 3.05) is 7.11 Å². The van der Waals surface area contributed by atoms with Crippen molar-refractivity contribution in [3.05, 3.63) is 76.6 Å². The Kier molecular flexibility index (Phi) is 6.68. The molecule has 1 aromatic carbocycles. The Morgan fingerprint density at radius 1 is 0.971 bits per heavy atom. The zero-order chi connectivity index (χ0) is 25.3. The molecule has 4 rings (SSSR count). The van der Waals surface area contributed by atoms with Crippen molar-refractivity contribution >= 4 is 0 Å². The fourth-order valence-electron chi connectivity index (χ4n) is 4.32. The van der Waals surface area contributed by atoms with Gasteiger partial charge in [-0.25, -0.2) is 9.59 Å². The SMILES string of the molecule is CCCCn1c(O)c([C@@H]2c3cc(OC)ccc3Oc3[nH]c(=O)n(CCCC)c(=O)c32)c(=O)[nH]c1=O. The van der Waals surface area contributed by atoms with E-state index in [1.165, 1.54) is 7.11 Å². The lowest BCUT2D eigenvalue weighted by atomic mass is 9.84. The maximum Gasteiger partial charge on any atom is 0.331 e. The van der Waals surface area contributed by atoms with E-state index in [0.29, 0.717) is 24.2 Å². The summed E-state index contributed by atoms with van der Waals surface area (Å²) in [6.07, 6.45) is 2.69. The largest absolute Gasteiger partial charge is 0.497 e. The predicted molar refractivity (Wildman–Crippen MR) is 128 cm³/mol. The van der Waals surface area contributed by atoms with Crippen molar-refractivity contribution in [2.45, 2.75) is 58.5 Å². The molecule has 0 bridgehead atoms. The quantitative estimate of drug-likeness (QED) is 0.346. The van der Waals surface area contributed by atoms with Gasteiger partial charge in [0, 0.05) is 18.7 Å². The Labute approximate surface area is 199 Å². The molecular weight excluding hydrogens is 456 g/mol. The summed E-state index contributed by atoms with van der Waals surface area (Å²) in [6, 6.07) is 4.82. The minimum absolute atomic E-state index is 0.0112. The maximum atomic E-state index is 13.6. The van der Waals surface area contributed by atoms with Gasteiger partial charge in [0.15, 0.2) is 0 Å². The van der Waals surface area contributed by atoms with Crippen LogP contribution in [0.5, 0.6) is 23.3 Å². The number of aromatic nitrogens is 4. The molecule has 0 unspecified atom stereocenters. The summed E-state index contributed by atoms with van der Waals surface area (Å²) in [5.41, 5.74) is -2.68. The third kappa shape index (κ3) is 4.17. The van der Waals surface area contributed by atoms with Crippen molar-refractivity contribution < 1.29 is 14.6 Å². The molecule has 3 heterocycles. The van der Waals surface area contributed by atoms with E-state index in [9.17, 15) is 24.3 Å². The van der Waals surface area contributed by atoms with Gasteiger partial charge in [-0.2, -0.15) is 0 Å². The molecule has 11 heteroatoms. The van der Waals surface area contributed by atoms with Gasteiger partial charge in [0.05, 0.1) is 24.2 Å². The lowest BCUT2D eigenvalue weighted by Crippen LogP contribution is -2.41. The number of nitrogens with zero attached hydrogens (tertiary/aromatic N) is 2. The van der Waals surface area contributed by atoms with E-state index in [2.05, 4.69) is 9.97 Å². The van der Waals surface area contributed by atoms with Crippen molar-refractivity contribution in [2.24, 2.45) is 0 Å². The Balaban J connectivity index is 2.08. The molecule has 3 aromatic rings. The summed E-state index contributed by atoms with van der Waals surface area (Å²) in [6.45, 7) is 4.22.